The fourth-order valence-electron chi connectivity index (χ4n) is 2.71. The molecule has 108 valence electrons. The van der Waals surface area contributed by atoms with Crippen molar-refractivity contribution in [1.82, 2.24) is 4.98 Å². The number of Topliss-reactive ketones (excluding diaryl/α,β-unsaturated/α-hetero) is 1. The SMILES string of the molecule is CCC1CC(=O)c2ccc(OCc3ccccc3)nc2C1. The summed E-state index contributed by atoms with van der Waals surface area (Å²) >= 11 is 0. The molecule has 0 amide bonds. The van der Waals surface area contributed by atoms with Crippen LogP contribution >= 0.6 is 0 Å². The number of benzene rings is 1. The largest absolute Gasteiger partial charge is 0.473 e. The first kappa shape index (κ1) is 13.8. The summed E-state index contributed by atoms with van der Waals surface area (Å²) in [6.07, 6.45) is 2.54. The summed E-state index contributed by atoms with van der Waals surface area (Å²) in [6.45, 7) is 2.62. The quantitative estimate of drug-likeness (QED) is 0.855. The maximum Gasteiger partial charge on any atom is 0.213 e. The molecule has 1 aromatic heterocycles. The molecule has 0 N–H and O–H groups in total. The van der Waals surface area contributed by atoms with Crippen LogP contribution in [0.5, 0.6) is 5.88 Å². The van der Waals surface area contributed by atoms with Crippen LogP contribution in [-0.4, -0.2) is 10.8 Å². The molecule has 2 aromatic rings. The molecule has 1 aliphatic carbocycles. The zero-order chi connectivity index (χ0) is 14.7. The van der Waals surface area contributed by atoms with Crippen LogP contribution in [-0.2, 0) is 13.0 Å². The average molecular weight is 281 g/mol. The Balaban J connectivity index is 1.75. The van der Waals surface area contributed by atoms with Crippen molar-refractivity contribution in [3.05, 3.63) is 59.3 Å². The molecule has 0 saturated heterocycles. The van der Waals surface area contributed by atoms with Crippen LogP contribution in [0.15, 0.2) is 42.5 Å². The highest BCUT2D eigenvalue weighted by atomic mass is 16.5. The Bertz CT molecular complexity index is 637. The van der Waals surface area contributed by atoms with E-state index in [1.165, 1.54) is 0 Å². The lowest BCUT2D eigenvalue weighted by molar-refractivity contribution is 0.0946. The second-order valence-corrected chi connectivity index (χ2v) is 5.52. The first-order chi connectivity index (χ1) is 10.3. The normalized spacial score (nSPS) is 17.4. The van der Waals surface area contributed by atoms with E-state index in [1.54, 1.807) is 6.07 Å². The van der Waals surface area contributed by atoms with Gasteiger partial charge in [-0.05, 0) is 24.0 Å². The molecular formula is C18H19NO2. The van der Waals surface area contributed by atoms with Crippen LogP contribution < -0.4 is 4.74 Å². The molecule has 0 saturated carbocycles. The van der Waals surface area contributed by atoms with Crippen LogP contribution in [0.25, 0.3) is 0 Å². The molecule has 0 bridgehead atoms. The standard InChI is InChI=1S/C18H19NO2/c1-2-13-10-16-15(17(20)11-13)8-9-18(19-16)21-12-14-6-4-3-5-7-14/h3-9,13H,2,10-12H2,1H3. The number of hydrogen-bond donors (Lipinski definition) is 0. The highest BCUT2D eigenvalue weighted by Gasteiger charge is 2.25. The van der Waals surface area contributed by atoms with Crippen LogP contribution in [0.4, 0.5) is 0 Å². The van der Waals surface area contributed by atoms with Gasteiger partial charge in [0.05, 0.1) is 5.69 Å². The van der Waals surface area contributed by atoms with Crippen molar-refractivity contribution in [2.24, 2.45) is 5.92 Å². The lowest BCUT2D eigenvalue weighted by atomic mass is 9.84. The predicted octanol–water partition coefficient (Wildman–Crippen LogP) is 3.82. The van der Waals surface area contributed by atoms with Crippen LogP contribution in [0.3, 0.4) is 0 Å². The topological polar surface area (TPSA) is 39.2 Å². The van der Waals surface area contributed by atoms with Crippen molar-refractivity contribution < 1.29 is 9.53 Å². The molecule has 3 nitrogen and oxygen atoms in total. The molecule has 1 atom stereocenters. The number of carbonyl (C=O) groups is 1. The maximum atomic E-state index is 12.1. The number of fused-ring (bicyclic) bond motifs is 1. The lowest BCUT2D eigenvalue weighted by Gasteiger charge is -2.21. The van der Waals surface area contributed by atoms with Crippen LogP contribution in [0.1, 0.15) is 41.4 Å². The third-order valence-electron chi connectivity index (χ3n) is 4.01. The zero-order valence-electron chi connectivity index (χ0n) is 12.2. The minimum Gasteiger partial charge on any atom is -0.473 e. The summed E-state index contributed by atoms with van der Waals surface area (Å²) in [6, 6.07) is 13.7. The van der Waals surface area contributed by atoms with Gasteiger partial charge in [0.15, 0.2) is 5.78 Å². The summed E-state index contributed by atoms with van der Waals surface area (Å²) in [5.74, 6) is 1.23. The summed E-state index contributed by atoms with van der Waals surface area (Å²) in [5.41, 5.74) is 2.77. The lowest BCUT2D eigenvalue weighted by Crippen LogP contribution is -2.21. The molecule has 0 fully saturated rings. The Morgan fingerprint density at radius 3 is 2.71 bits per heavy atom. The monoisotopic (exact) mass is 281 g/mol. The molecule has 1 aromatic carbocycles. The van der Waals surface area contributed by atoms with E-state index < -0.39 is 0 Å². The van der Waals surface area contributed by atoms with E-state index in [9.17, 15) is 4.79 Å². The number of hydrogen-bond acceptors (Lipinski definition) is 3. The predicted molar refractivity (Wildman–Crippen MR) is 81.4 cm³/mol. The third kappa shape index (κ3) is 3.13. The Hall–Kier alpha value is -2.16. The first-order valence-electron chi connectivity index (χ1n) is 7.46. The van der Waals surface area contributed by atoms with E-state index in [2.05, 4.69) is 11.9 Å². The third-order valence-corrected chi connectivity index (χ3v) is 4.01. The van der Waals surface area contributed by atoms with E-state index in [4.69, 9.17) is 4.74 Å². The van der Waals surface area contributed by atoms with Gasteiger partial charge in [0.25, 0.3) is 0 Å². The van der Waals surface area contributed by atoms with E-state index in [0.717, 1.165) is 29.7 Å². The summed E-state index contributed by atoms with van der Waals surface area (Å²) in [7, 11) is 0. The molecule has 0 aliphatic heterocycles. The number of ketones is 1. The molecule has 0 spiro atoms. The number of rotatable bonds is 4. The van der Waals surface area contributed by atoms with E-state index in [1.807, 2.05) is 36.4 Å². The first-order valence-corrected chi connectivity index (χ1v) is 7.46. The fraction of sp³-hybridized carbons (Fsp3) is 0.333. The van der Waals surface area contributed by atoms with Gasteiger partial charge in [-0.25, -0.2) is 4.98 Å². The van der Waals surface area contributed by atoms with Gasteiger partial charge >= 0.3 is 0 Å². The van der Waals surface area contributed by atoms with Crippen LogP contribution in [0.2, 0.25) is 0 Å². The smallest absolute Gasteiger partial charge is 0.213 e. The van der Waals surface area contributed by atoms with Gasteiger partial charge in [-0.2, -0.15) is 0 Å². The van der Waals surface area contributed by atoms with Crippen molar-refractivity contribution in [2.75, 3.05) is 0 Å². The highest BCUT2D eigenvalue weighted by Crippen LogP contribution is 2.27. The summed E-state index contributed by atoms with van der Waals surface area (Å²) in [5, 5.41) is 0. The van der Waals surface area contributed by atoms with E-state index in [0.29, 0.717) is 24.8 Å². The molecule has 0 radical (unpaired) electrons. The Labute approximate surface area is 125 Å². The van der Waals surface area contributed by atoms with Crippen molar-refractivity contribution in [2.45, 2.75) is 32.8 Å². The van der Waals surface area contributed by atoms with Crippen molar-refractivity contribution in [1.29, 1.82) is 0 Å². The van der Waals surface area contributed by atoms with Crippen molar-refractivity contribution in [3.8, 4) is 5.88 Å². The van der Waals surface area contributed by atoms with Gasteiger partial charge in [-0.15, -0.1) is 0 Å². The Morgan fingerprint density at radius 1 is 1.14 bits per heavy atom. The second kappa shape index (κ2) is 6.08. The maximum absolute atomic E-state index is 12.1. The fourth-order valence-corrected chi connectivity index (χ4v) is 2.71. The molecular weight excluding hydrogens is 262 g/mol. The minimum absolute atomic E-state index is 0.213. The molecule has 3 heteroatoms. The number of pyridine rings is 1. The molecule has 1 unspecified atom stereocenters. The van der Waals surface area contributed by atoms with Gasteiger partial charge < -0.3 is 4.74 Å². The summed E-state index contributed by atoms with van der Waals surface area (Å²) < 4.78 is 5.74. The number of ether oxygens (including phenoxy) is 1. The molecule has 3 rings (SSSR count). The van der Waals surface area contributed by atoms with Crippen molar-refractivity contribution in [3.63, 3.8) is 0 Å². The average Bonchev–Trinajstić information content (AvgIpc) is 2.53. The number of carbonyl (C=O) groups excluding carboxylic acids is 1. The van der Waals surface area contributed by atoms with Gasteiger partial charge in [0.1, 0.15) is 6.61 Å². The van der Waals surface area contributed by atoms with Gasteiger partial charge in [-0.1, -0.05) is 43.7 Å². The highest BCUT2D eigenvalue weighted by molar-refractivity contribution is 5.98. The molecule has 1 heterocycles. The number of nitrogens with zero attached hydrogens (tertiary/aromatic N) is 1. The minimum atomic E-state index is 0.213. The van der Waals surface area contributed by atoms with Gasteiger partial charge in [0.2, 0.25) is 5.88 Å². The Morgan fingerprint density at radius 2 is 1.95 bits per heavy atom. The van der Waals surface area contributed by atoms with Crippen LogP contribution in [0, 0.1) is 5.92 Å². The van der Waals surface area contributed by atoms with Gasteiger partial charge in [0, 0.05) is 18.1 Å². The second-order valence-electron chi connectivity index (χ2n) is 5.52. The number of aromatic nitrogens is 1. The zero-order valence-corrected chi connectivity index (χ0v) is 12.2. The van der Waals surface area contributed by atoms with E-state index >= 15 is 0 Å². The Kier molecular flexibility index (Phi) is 4.00. The van der Waals surface area contributed by atoms with Crippen molar-refractivity contribution >= 4 is 5.78 Å². The van der Waals surface area contributed by atoms with Gasteiger partial charge in [-0.3, -0.25) is 4.79 Å². The molecule has 1 aliphatic rings. The van der Waals surface area contributed by atoms with E-state index in [-0.39, 0.29) is 5.78 Å². The summed E-state index contributed by atoms with van der Waals surface area (Å²) in [4.78, 5) is 16.6. The molecule has 21 heavy (non-hydrogen) atoms.